The molecule has 0 aromatic heterocycles. The van der Waals surface area contributed by atoms with Crippen LogP contribution in [0.15, 0.2) is 0 Å². The largest absolute Gasteiger partial charge is 0.359 e. The molecule has 1 atom stereocenters. The first-order chi connectivity index (χ1) is 6.93. The Kier molecular flexibility index (Phi) is 5.32. The number of nitrogens with two attached hydrogens (primary N) is 1. The Morgan fingerprint density at radius 3 is 2.33 bits per heavy atom. The quantitative estimate of drug-likeness (QED) is 0.216. The lowest BCUT2D eigenvalue weighted by Crippen LogP contribution is -2.46. The van der Waals surface area contributed by atoms with E-state index in [1.807, 2.05) is 0 Å². The summed E-state index contributed by atoms with van der Waals surface area (Å²) in [5.41, 5.74) is 1.73. The standard InChI is InChI=1S/C8H16N4O3/c1-5(6(13)10-2)4-12(3)8(15)7(14)11-9/h5H,4,9H2,1-3H3,(H,10,13)(H,11,14). The highest BCUT2D eigenvalue weighted by atomic mass is 16.2. The Hall–Kier alpha value is -1.63. The first kappa shape index (κ1) is 13.4. The van der Waals surface area contributed by atoms with Crippen molar-refractivity contribution in [3.05, 3.63) is 0 Å². The summed E-state index contributed by atoms with van der Waals surface area (Å²) in [7, 11) is 2.93. The number of hydrazine groups is 1. The van der Waals surface area contributed by atoms with Crippen molar-refractivity contribution >= 4 is 17.7 Å². The maximum Gasteiger partial charge on any atom is 0.323 e. The van der Waals surface area contributed by atoms with Gasteiger partial charge in [-0.15, -0.1) is 0 Å². The van der Waals surface area contributed by atoms with Crippen molar-refractivity contribution in [2.24, 2.45) is 11.8 Å². The molecule has 7 nitrogen and oxygen atoms in total. The van der Waals surface area contributed by atoms with Crippen LogP contribution in [0.1, 0.15) is 6.92 Å². The van der Waals surface area contributed by atoms with E-state index in [1.165, 1.54) is 14.1 Å². The number of carbonyl (C=O) groups excluding carboxylic acids is 3. The smallest absolute Gasteiger partial charge is 0.323 e. The van der Waals surface area contributed by atoms with Crippen LogP contribution in [0.5, 0.6) is 0 Å². The summed E-state index contributed by atoms with van der Waals surface area (Å²) in [5.74, 6) is 2.56. The van der Waals surface area contributed by atoms with E-state index in [1.54, 1.807) is 12.3 Å². The molecular weight excluding hydrogens is 200 g/mol. The van der Waals surface area contributed by atoms with Gasteiger partial charge in [0, 0.05) is 20.6 Å². The van der Waals surface area contributed by atoms with Gasteiger partial charge in [-0.2, -0.15) is 0 Å². The SMILES string of the molecule is CNC(=O)C(C)CN(C)C(=O)C(=O)NN. The summed E-state index contributed by atoms with van der Waals surface area (Å²) >= 11 is 0. The van der Waals surface area contributed by atoms with Gasteiger partial charge in [0.05, 0.1) is 5.92 Å². The topological polar surface area (TPSA) is 105 Å². The second-order valence-corrected chi connectivity index (χ2v) is 3.17. The molecule has 0 bridgehead atoms. The second kappa shape index (κ2) is 5.97. The Labute approximate surface area is 87.9 Å². The van der Waals surface area contributed by atoms with Crippen LogP contribution in [-0.2, 0) is 14.4 Å². The lowest BCUT2D eigenvalue weighted by molar-refractivity contribution is -0.145. The summed E-state index contributed by atoms with van der Waals surface area (Å²) < 4.78 is 0. The number of hydrogen-bond acceptors (Lipinski definition) is 4. The molecule has 0 aliphatic rings. The molecule has 0 aliphatic carbocycles. The molecule has 1 unspecified atom stereocenters. The zero-order valence-corrected chi connectivity index (χ0v) is 9.03. The first-order valence-corrected chi connectivity index (χ1v) is 4.41. The van der Waals surface area contributed by atoms with Gasteiger partial charge < -0.3 is 10.2 Å². The highest BCUT2D eigenvalue weighted by Gasteiger charge is 2.21. The number of carbonyl (C=O) groups is 3. The number of hydrogen-bond donors (Lipinski definition) is 3. The third-order valence-corrected chi connectivity index (χ3v) is 1.91. The monoisotopic (exact) mass is 216 g/mol. The number of rotatable bonds is 3. The van der Waals surface area contributed by atoms with Gasteiger partial charge in [0.25, 0.3) is 0 Å². The van der Waals surface area contributed by atoms with Crippen molar-refractivity contribution in [1.82, 2.24) is 15.6 Å². The van der Waals surface area contributed by atoms with Crippen molar-refractivity contribution in [3.8, 4) is 0 Å². The average molecular weight is 216 g/mol. The summed E-state index contributed by atoms with van der Waals surface area (Å²) in [6, 6.07) is 0. The van der Waals surface area contributed by atoms with E-state index in [0.717, 1.165) is 4.90 Å². The molecule has 0 saturated carbocycles. The predicted octanol–water partition coefficient (Wildman–Crippen LogP) is -2.18. The number of nitrogens with one attached hydrogen (secondary N) is 2. The third kappa shape index (κ3) is 3.94. The minimum absolute atomic E-state index is 0.159. The van der Waals surface area contributed by atoms with E-state index >= 15 is 0 Å². The fraction of sp³-hybridized carbons (Fsp3) is 0.625. The molecular formula is C8H16N4O3. The van der Waals surface area contributed by atoms with Gasteiger partial charge >= 0.3 is 11.8 Å². The van der Waals surface area contributed by atoms with E-state index in [9.17, 15) is 14.4 Å². The Morgan fingerprint density at radius 2 is 1.93 bits per heavy atom. The Balaban J connectivity index is 4.24. The van der Waals surface area contributed by atoms with Crippen LogP contribution in [0.25, 0.3) is 0 Å². The summed E-state index contributed by atoms with van der Waals surface area (Å²) in [4.78, 5) is 34.3. The Morgan fingerprint density at radius 1 is 1.40 bits per heavy atom. The predicted molar refractivity (Wildman–Crippen MR) is 53.2 cm³/mol. The molecule has 7 heteroatoms. The van der Waals surface area contributed by atoms with Crippen molar-refractivity contribution in [2.75, 3.05) is 20.6 Å². The summed E-state index contributed by atoms with van der Waals surface area (Å²) in [6.07, 6.45) is 0. The van der Waals surface area contributed by atoms with E-state index in [4.69, 9.17) is 5.84 Å². The number of amides is 3. The van der Waals surface area contributed by atoms with Crippen LogP contribution in [0, 0.1) is 5.92 Å². The molecule has 15 heavy (non-hydrogen) atoms. The molecule has 86 valence electrons. The van der Waals surface area contributed by atoms with Gasteiger partial charge in [-0.3, -0.25) is 19.8 Å². The highest BCUT2D eigenvalue weighted by molar-refractivity contribution is 6.34. The van der Waals surface area contributed by atoms with Crippen molar-refractivity contribution in [1.29, 1.82) is 0 Å². The normalized spacial score (nSPS) is 11.5. The minimum Gasteiger partial charge on any atom is -0.359 e. The lowest BCUT2D eigenvalue weighted by Gasteiger charge is -2.19. The van der Waals surface area contributed by atoms with Gasteiger partial charge in [-0.05, 0) is 0 Å². The molecule has 0 radical (unpaired) electrons. The lowest BCUT2D eigenvalue weighted by atomic mass is 10.1. The fourth-order valence-corrected chi connectivity index (χ4v) is 1.06. The van der Waals surface area contributed by atoms with E-state index < -0.39 is 11.8 Å². The van der Waals surface area contributed by atoms with Crippen LogP contribution < -0.4 is 16.6 Å². The van der Waals surface area contributed by atoms with Gasteiger partial charge in [0.2, 0.25) is 5.91 Å². The minimum atomic E-state index is -0.901. The number of nitrogens with zero attached hydrogens (tertiary/aromatic N) is 1. The van der Waals surface area contributed by atoms with E-state index in [-0.39, 0.29) is 18.4 Å². The molecule has 0 spiro atoms. The van der Waals surface area contributed by atoms with Crippen LogP contribution >= 0.6 is 0 Å². The number of likely N-dealkylation sites (N-methyl/N-ethyl adjacent to an activating group) is 1. The first-order valence-electron chi connectivity index (χ1n) is 4.41. The van der Waals surface area contributed by atoms with Crippen LogP contribution in [-0.4, -0.2) is 43.3 Å². The van der Waals surface area contributed by atoms with Crippen molar-refractivity contribution in [3.63, 3.8) is 0 Å². The van der Waals surface area contributed by atoms with Gasteiger partial charge in [-0.25, -0.2) is 5.84 Å². The third-order valence-electron chi connectivity index (χ3n) is 1.91. The average Bonchev–Trinajstić information content (AvgIpc) is 2.25. The molecule has 3 amide bonds. The summed E-state index contributed by atoms with van der Waals surface area (Å²) in [5, 5.41) is 2.45. The van der Waals surface area contributed by atoms with E-state index in [2.05, 4.69) is 5.32 Å². The van der Waals surface area contributed by atoms with Crippen LogP contribution in [0.2, 0.25) is 0 Å². The van der Waals surface area contributed by atoms with Crippen LogP contribution in [0.4, 0.5) is 0 Å². The molecule has 0 aromatic carbocycles. The van der Waals surface area contributed by atoms with Gasteiger partial charge in [-0.1, -0.05) is 6.92 Å². The molecule has 0 rings (SSSR count). The van der Waals surface area contributed by atoms with Crippen molar-refractivity contribution in [2.45, 2.75) is 6.92 Å². The van der Waals surface area contributed by atoms with Crippen molar-refractivity contribution < 1.29 is 14.4 Å². The summed E-state index contributed by atoms with van der Waals surface area (Å²) in [6.45, 7) is 1.81. The maximum absolute atomic E-state index is 11.2. The molecule has 4 N–H and O–H groups in total. The second-order valence-electron chi connectivity index (χ2n) is 3.17. The maximum atomic E-state index is 11.2. The molecule has 0 aliphatic heterocycles. The molecule has 0 saturated heterocycles. The zero-order valence-electron chi connectivity index (χ0n) is 9.03. The molecule has 0 aromatic rings. The fourth-order valence-electron chi connectivity index (χ4n) is 1.06. The van der Waals surface area contributed by atoms with Gasteiger partial charge in [0.1, 0.15) is 0 Å². The van der Waals surface area contributed by atoms with Crippen LogP contribution in [0.3, 0.4) is 0 Å². The van der Waals surface area contributed by atoms with Gasteiger partial charge in [0.15, 0.2) is 0 Å². The Bertz CT molecular complexity index is 267. The molecule has 0 fully saturated rings. The van der Waals surface area contributed by atoms with E-state index in [0.29, 0.717) is 0 Å². The highest BCUT2D eigenvalue weighted by Crippen LogP contribution is 1.98. The zero-order chi connectivity index (χ0) is 12.0. The molecule has 0 heterocycles.